The van der Waals surface area contributed by atoms with E-state index in [0.29, 0.717) is 64.3 Å². The number of rotatable bonds is 12. The molecule has 0 unspecified atom stereocenters. The van der Waals surface area contributed by atoms with Gasteiger partial charge in [-0.15, -0.1) is 0 Å². The number of benzene rings is 2. The van der Waals surface area contributed by atoms with Crippen molar-refractivity contribution in [1.82, 2.24) is 30.4 Å². The van der Waals surface area contributed by atoms with Crippen molar-refractivity contribution in [3.63, 3.8) is 0 Å². The van der Waals surface area contributed by atoms with E-state index >= 15 is 0 Å². The smallest absolute Gasteiger partial charge is 0.271 e. The highest BCUT2D eigenvalue weighted by Gasteiger charge is 2.43. The maximum atomic E-state index is 13.3. The van der Waals surface area contributed by atoms with E-state index in [1.165, 1.54) is 0 Å². The van der Waals surface area contributed by atoms with Crippen LogP contribution in [0.15, 0.2) is 48.8 Å². The fourth-order valence-electron chi connectivity index (χ4n) is 9.40. The molecule has 6 aliphatic rings. The largest absolute Gasteiger partial charge is 0.490 e. The summed E-state index contributed by atoms with van der Waals surface area (Å²) in [5.74, 6) is 1.50. The minimum absolute atomic E-state index is 0.0209. The van der Waals surface area contributed by atoms with Crippen molar-refractivity contribution in [3.8, 4) is 17.6 Å². The zero-order valence-corrected chi connectivity index (χ0v) is 34.1. The maximum Gasteiger partial charge on any atom is 0.271 e. The molecule has 1 atom stereocenters. The second-order valence-electron chi connectivity index (χ2n) is 17.0. The van der Waals surface area contributed by atoms with Crippen LogP contribution < -0.4 is 25.0 Å². The van der Waals surface area contributed by atoms with Gasteiger partial charge >= 0.3 is 0 Å². The number of hydrogen-bond acceptors (Lipinski definition) is 12. The number of anilines is 1. The minimum atomic E-state index is -0.636. The number of hydrogen-bond donors (Lipinski definition) is 2. The van der Waals surface area contributed by atoms with E-state index in [2.05, 4.69) is 36.5 Å². The number of piperidine rings is 2. The number of carbonyl (C=O) groups is 4. The minimum Gasteiger partial charge on any atom is -0.490 e. The molecule has 0 radical (unpaired) electrons. The summed E-state index contributed by atoms with van der Waals surface area (Å²) in [4.78, 5) is 66.0. The number of nitrogens with one attached hydrogen (secondary N) is 2. The highest BCUT2D eigenvalue weighted by molar-refractivity contribution is 6.31. The van der Waals surface area contributed by atoms with Crippen molar-refractivity contribution in [1.29, 1.82) is 5.26 Å². The molecule has 5 fully saturated rings. The standard InChI is InChI=1S/C44H49ClN8O7/c45-37-18-34(5-1-27(37)19-46)59-32-7-3-29(4-8-32)49-42(55)38-20-48-40(21-47-38)51-13-11-26(12-14-51)22-52(31-24-58-25-31)30-15-35(16-30)60-33-6-2-28-23-53(44(57)36(28)17-33)39-9-10-41(54)50-43(39)56/h1-2,5-6,17-18,20-21,26,29-32,35,39H,3-4,7-16,22-25H2,(H,49,55)(H,50,54,56)/t29?,30?,32?,35?,39-/m1/s1. The second kappa shape index (κ2) is 17.4. The van der Waals surface area contributed by atoms with Gasteiger partial charge in [0.2, 0.25) is 11.8 Å². The molecule has 2 N–H and O–H groups in total. The van der Waals surface area contributed by atoms with Gasteiger partial charge in [-0.25, -0.2) is 9.97 Å². The van der Waals surface area contributed by atoms with Crippen LogP contribution in [0.3, 0.4) is 0 Å². The summed E-state index contributed by atoms with van der Waals surface area (Å²) in [5, 5.41) is 15.0. The number of nitrogens with zero attached hydrogens (tertiary/aromatic N) is 6. The summed E-state index contributed by atoms with van der Waals surface area (Å²) >= 11 is 6.16. The van der Waals surface area contributed by atoms with Crippen LogP contribution in [0.1, 0.15) is 96.2 Å². The quantitative estimate of drug-likeness (QED) is 0.246. The summed E-state index contributed by atoms with van der Waals surface area (Å²) in [5.41, 5.74) is 2.15. The Morgan fingerprint density at radius 2 is 1.68 bits per heavy atom. The molecule has 2 aliphatic carbocycles. The Kier molecular flexibility index (Phi) is 11.6. The SMILES string of the molecule is N#Cc1ccc(OC2CCC(NC(=O)c3cnc(N4CCC(CN(C5COC5)C5CC(Oc6ccc7c(c6)C(=O)N([C@@H]6CCC(=O)NC6=O)C7)C5)CC4)cn3)CC2)cc1Cl. The fraction of sp³-hybridized carbons (Fsp3) is 0.523. The van der Waals surface area contributed by atoms with E-state index in [1.807, 2.05) is 12.1 Å². The molecule has 5 heterocycles. The monoisotopic (exact) mass is 836 g/mol. The molecule has 9 rings (SSSR count). The third-order valence-corrected chi connectivity index (χ3v) is 13.4. The number of nitriles is 1. The number of fused-ring (bicyclic) bond motifs is 1. The van der Waals surface area contributed by atoms with Gasteiger partial charge in [-0.3, -0.25) is 29.4 Å². The van der Waals surface area contributed by atoms with Crippen molar-refractivity contribution in [2.45, 2.75) is 107 Å². The molecular formula is C44H49ClN8O7. The van der Waals surface area contributed by atoms with Crippen molar-refractivity contribution in [3.05, 3.63) is 76.2 Å². The van der Waals surface area contributed by atoms with E-state index in [4.69, 9.17) is 31.1 Å². The van der Waals surface area contributed by atoms with E-state index in [0.717, 1.165) is 95.6 Å². The first-order chi connectivity index (χ1) is 29.2. The van der Waals surface area contributed by atoms with E-state index in [9.17, 15) is 19.2 Å². The van der Waals surface area contributed by atoms with Gasteiger partial charge in [0.25, 0.3) is 11.8 Å². The lowest BCUT2D eigenvalue weighted by molar-refractivity contribution is -0.136. The third-order valence-electron chi connectivity index (χ3n) is 13.1. The lowest BCUT2D eigenvalue weighted by Gasteiger charge is -2.50. The van der Waals surface area contributed by atoms with Gasteiger partial charge in [0.15, 0.2) is 0 Å². The Morgan fingerprint density at radius 1 is 0.933 bits per heavy atom. The highest BCUT2D eigenvalue weighted by atomic mass is 35.5. The number of imide groups is 1. The molecule has 2 aromatic carbocycles. The molecular weight excluding hydrogens is 788 g/mol. The Hall–Kier alpha value is -5.30. The van der Waals surface area contributed by atoms with Crippen LogP contribution in [-0.2, 0) is 20.9 Å². The average molecular weight is 837 g/mol. The van der Waals surface area contributed by atoms with E-state index < -0.39 is 11.9 Å². The first kappa shape index (κ1) is 40.1. The first-order valence-electron chi connectivity index (χ1n) is 21.2. The summed E-state index contributed by atoms with van der Waals surface area (Å²) < 4.78 is 18.1. The first-order valence-corrected chi connectivity index (χ1v) is 21.6. The molecule has 4 amide bonds. The van der Waals surface area contributed by atoms with Gasteiger partial charge in [0.1, 0.15) is 41.2 Å². The normalized spacial score (nSPS) is 25.8. The van der Waals surface area contributed by atoms with Crippen molar-refractivity contribution in [2.75, 3.05) is 37.7 Å². The number of halogens is 1. The molecule has 2 saturated carbocycles. The Labute approximate surface area is 353 Å². The van der Waals surface area contributed by atoms with E-state index in [1.54, 1.807) is 41.6 Å². The lowest BCUT2D eigenvalue weighted by Crippen LogP contribution is -2.60. The van der Waals surface area contributed by atoms with Gasteiger partial charge in [0.05, 0.1) is 48.3 Å². The highest BCUT2D eigenvalue weighted by Crippen LogP contribution is 2.37. The molecule has 314 valence electrons. The van der Waals surface area contributed by atoms with Crippen LogP contribution in [0.4, 0.5) is 5.82 Å². The van der Waals surface area contributed by atoms with E-state index in [-0.39, 0.29) is 42.4 Å². The second-order valence-corrected chi connectivity index (χ2v) is 17.4. The zero-order valence-electron chi connectivity index (χ0n) is 33.4. The molecule has 0 spiro atoms. The van der Waals surface area contributed by atoms with Gasteiger partial charge in [0, 0.05) is 69.2 Å². The van der Waals surface area contributed by atoms with Crippen LogP contribution in [-0.4, -0.2) is 113 Å². The van der Waals surface area contributed by atoms with Crippen LogP contribution in [0, 0.1) is 17.2 Å². The molecule has 4 aliphatic heterocycles. The molecule has 3 aromatic rings. The van der Waals surface area contributed by atoms with Crippen LogP contribution in [0.2, 0.25) is 5.02 Å². The van der Waals surface area contributed by atoms with Crippen LogP contribution in [0.5, 0.6) is 11.5 Å². The molecule has 60 heavy (non-hydrogen) atoms. The van der Waals surface area contributed by atoms with Crippen LogP contribution in [0.25, 0.3) is 0 Å². The number of amides is 4. The predicted octanol–water partition coefficient (Wildman–Crippen LogP) is 4.41. The number of ether oxygens (including phenoxy) is 3. The third kappa shape index (κ3) is 8.64. The lowest BCUT2D eigenvalue weighted by atomic mass is 9.84. The number of aromatic nitrogens is 2. The van der Waals surface area contributed by atoms with Crippen molar-refractivity contribution in [2.24, 2.45) is 5.92 Å². The predicted molar refractivity (Wildman–Crippen MR) is 219 cm³/mol. The number of carbonyl (C=O) groups excluding carboxylic acids is 4. The maximum absolute atomic E-state index is 13.3. The van der Waals surface area contributed by atoms with Crippen molar-refractivity contribution < 1.29 is 33.4 Å². The summed E-state index contributed by atoms with van der Waals surface area (Å²) in [6, 6.07) is 13.0. The molecule has 0 bridgehead atoms. The summed E-state index contributed by atoms with van der Waals surface area (Å²) in [6.07, 6.45) is 11.0. The summed E-state index contributed by atoms with van der Waals surface area (Å²) in [7, 11) is 0. The fourth-order valence-corrected chi connectivity index (χ4v) is 9.61. The molecule has 3 saturated heterocycles. The Balaban J connectivity index is 0.708. The average Bonchev–Trinajstić information content (AvgIpc) is 3.54. The van der Waals surface area contributed by atoms with Gasteiger partial charge in [-0.1, -0.05) is 17.7 Å². The van der Waals surface area contributed by atoms with Crippen LogP contribution >= 0.6 is 11.6 Å². The molecule has 1 aromatic heterocycles. The van der Waals surface area contributed by atoms with Gasteiger partial charge < -0.3 is 29.3 Å². The topological polar surface area (TPSA) is 179 Å². The van der Waals surface area contributed by atoms with Gasteiger partial charge in [-0.05, 0) is 80.7 Å². The Bertz CT molecular complexity index is 2160. The molecule has 16 heteroatoms. The summed E-state index contributed by atoms with van der Waals surface area (Å²) in [6.45, 7) is 4.59. The van der Waals surface area contributed by atoms with Crippen molar-refractivity contribution >= 4 is 41.0 Å². The van der Waals surface area contributed by atoms with Gasteiger partial charge in [-0.2, -0.15) is 5.26 Å². The Morgan fingerprint density at radius 3 is 2.37 bits per heavy atom. The zero-order chi connectivity index (χ0) is 41.3. The molecule has 15 nitrogen and oxygen atoms in total.